The standard InChI is InChI=1S/C17H18ClNO3/c18-12-6-2-1-5-11(12)15-9-10-16(22-15)17(21)19-13-7-3-4-8-14(13)20/h1-2,5-6,9-10,13-14,20H,3-4,7-8H2,(H,19,21). The Morgan fingerprint density at radius 1 is 1.18 bits per heavy atom. The fourth-order valence-electron chi connectivity index (χ4n) is 2.78. The highest BCUT2D eigenvalue weighted by Crippen LogP contribution is 2.29. The van der Waals surface area contributed by atoms with Crippen molar-refractivity contribution < 1.29 is 14.3 Å². The molecule has 2 atom stereocenters. The van der Waals surface area contributed by atoms with Crippen molar-refractivity contribution >= 4 is 17.5 Å². The highest BCUT2D eigenvalue weighted by Gasteiger charge is 2.26. The zero-order valence-electron chi connectivity index (χ0n) is 12.1. The number of hydrogen-bond donors (Lipinski definition) is 2. The van der Waals surface area contributed by atoms with Crippen LogP contribution in [0.2, 0.25) is 5.02 Å². The molecule has 1 heterocycles. The Kier molecular flexibility index (Phi) is 4.50. The second-order valence-corrected chi connectivity index (χ2v) is 5.98. The fraction of sp³-hybridized carbons (Fsp3) is 0.353. The number of amides is 1. The molecular formula is C17H18ClNO3. The van der Waals surface area contributed by atoms with Crippen molar-refractivity contribution in [1.29, 1.82) is 0 Å². The monoisotopic (exact) mass is 319 g/mol. The van der Waals surface area contributed by atoms with Crippen molar-refractivity contribution in [2.45, 2.75) is 37.8 Å². The van der Waals surface area contributed by atoms with E-state index < -0.39 is 6.10 Å². The van der Waals surface area contributed by atoms with Crippen LogP contribution in [0.3, 0.4) is 0 Å². The highest BCUT2D eigenvalue weighted by molar-refractivity contribution is 6.33. The van der Waals surface area contributed by atoms with Crippen LogP contribution in [-0.4, -0.2) is 23.2 Å². The molecule has 0 bridgehead atoms. The molecule has 0 spiro atoms. The van der Waals surface area contributed by atoms with E-state index in [1.54, 1.807) is 18.2 Å². The van der Waals surface area contributed by atoms with E-state index in [2.05, 4.69) is 5.32 Å². The molecule has 1 aliphatic rings. The molecule has 1 aromatic heterocycles. The average molecular weight is 320 g/mol. The summed E-state index contributed by atoms with van der Waals surface area (Å²) in [5.41, 5.74) is 0.751. The van der Waals surface area contributed by atoms with E-state index in [1.165, 1.54) is 0 Å². The number of carbonyl (C=O) groups excluding carboxylic acids is 1. The molecule has 1 fully saturated rings. The Balaban J connectivity index is 1.73. The summed E-state index contributed by atoms with van der Waals surface area (Å²) < 4.78 is 5.61. The van der Waals surface area contributed by atoms with Crippen molar-refractivity contribution in [2.75, 3.05) is 0 Å². The molecule has 116 valence electrons. The van der Waals surface area contributed by atoms with Crippen LogP contribution in [0.25, 0.3) is 11.3 Å². The molecule has 5 heteroatoms. The molecule has 1 aliphatic carbocycles. The van der Waals surface area contributed by atoms with Crippen molar-refractivity contribution in [2.24, 2.45) is 0 Å². The minimum atomic E-state index is -0.476. The summed E-state index contributed by atoms with van der Waals surface area (Å²) in [6.07, 6.45) is 3.07. The first-order valence-electron chi connectivity index (χ1n) is 7.49. The van der Waals surface area contributed by atoms with Crippen LogP contribution in [0.4, 0.5) is 0 Å². The first-order chi connectivity index (χ1) is 10.6. The Labute approximate surface area is 134 Å². The highest BCUT2D eigenvalue weighted by atomic mass is 35.5. The van der Waals surface area contributed by atoms with E-state index in [4.69, 9.17) is 16.0 Å². The summed E-state index contributed by atoms with van der Waals surface area (Å²) >= 11 is 6.13. The molecule has 22 heavy (non-hydrogen) atoms. The van der Waals surface area contributed by atoms with Gasteiger partial charge in [-0.25, -0.2) is 0 Å². The van der Waals surface area contributed by atoms with E-state index in [0.29, 0.717) is 10.8 Å². The van der Waals surface area contributed by atoms with E-state index in [9.17, 15) is 9.90 Å². The molecule has 1 saturated carbocycles. The topological polar surface area (TPSA) is 62.5 Å². The minimum absolute atomic E-state index is 0.199. The zero-order valence-corrected chi connectivity index (χ0v) is 12.8. The second-order valence-electron chi connectivity index (χ2n) is 5.58. The van der Waals surface area contributed by atoms with Gasteiger partial charge in [0, 0.05) is 5.56 Å². The molecule has 2 N–H and O–H groups in total. The lowest BCUT2D eigenvalue weighted by Crippen LogP contribution is -2.44. The minimum Gasteiger partial charge on any atom is -0.451 e. The van der Waals surface area contributed by atoms with Gasteiger partial charge in [0.1, 0.15) is 5.76 Å². The van der Waals surface area contributed by atoms with Gasteiger partial charge in [-0.05, 0) is 37.1 Å². The molecule has 1 amide bonds. The predicted molar refractivity (Wildman–Crippen MR) is 84.9 cm³/mol. The Hall–Kier alpha value is -1.78. The molecule has 0 saturated heterocycles. The molecular weight excluding hydrogens is 302 g/mol. The van der Waals surface area contributed by atoms with Gasteiger partial charge in [0.2, 0.25) is 0 Å². The van der Waals surface area contributed by atoms with Crippen LogP contribution in [0.15, 0.2) is 40.8 Å². The number of rotatable bonds is 3. The van der Waals surface area contributed by atoms with Crippen molar-refractivity contribution in [3.05, 3.63) is 47.2 Å². The average Bonchev–Trinajstić information content (AvgIpc) is 3.00. The smallest absolute Gasteiger partial charge is 0.287 e. The normalized spacial score (nSPS) is 21.5. The maximum absolute atomic E-state index is 12.2. The molecule has 4 nitrogen and oxygen atoms in total. The summed E-state index contributed by atoms with van der Waals surface area (Å²) in [5.74, 6) is 0.483. The number of furan rings is 1. The first kappa shape index (κ1) is 15.1. The van der Waals surface area contributed by atoms with Gasteiger partial charge in [-0.15, -0.1) is 0 Å². The summed E-state index contributed by atoms with van der Waals surface area (Å²) in [6, 6.07) is 10.5. The third-order valence-corrected chi connectivity index (χ3v) is 4.34. The summed E-state index contributed by atoms with van der Waals surface area (Å²) in [5, 5.41) is 13.3. The Morgan fingerprint density at radius 2 is 1.95 bits per heavy atom. The summed E-state index contributed by atoms with van der Waals surface area (Å²) in [6.45, 7) is 0. The molecule has 0 radical (unpaired) electrons. The summed E-state index contributed by atoms with van der Waals surface area (Å²) in [7, 11) is 0. The number of hydrogen-bond acceptors (Lipinski definition) is 3. The van der Waals surface area contributed by atoms with Gasteiger partial charge < -0.3 is 14.8 Å². The van der Waals surface area contributed by atoms with Crippen LogP contribution >= 0.6 is 11.6 Å². The lowest BCUT2D eigenvalue weighted by Gasteiger charge is -2.27. The predicted octanol–water partition coefficient (Wildman–Crippen LogP) is 3.63. The number of aliphatic hydroxyl groups excluding tert-OH is 1. The van der Waals surface area contributed by atoms with Crippen LogP contribution in [0.1, 0.15) is 36.2 Å². The van der Waals surface area contributed by atoms with Crippen LogP contribution in [-0.2, 0) is 0 Å². The van der Waals surface area contributed by atoms with E-state index in [1.807, 2.05) is 18.2 Å². The maximum Gasteiger partial charge on any atom is 0.287 e. The van der Waals surface area contributed by atoms with E-state index in [0.717, 1.165) is 31.2 Å². The molecule has 3 rings (SSSR count). The van der Waals surface area contributed by atoms with Gasteiger partial charge in [0.05, 0.1) is 17.2 Å². The lowest BCUT2D eigenvalue weighted by molar-refractivity contribution is 0.0698. The van der Waals surface area contributed by atoms with Gasteiger partial charge in [-0.2, -0.15) is 0 Å². The summed E-state index contributed by atoms with van der Waals surface area (Å²) in [4.78, 5) is 12.2. The quantitative estimate of drug-likeness (QED) is 0.908. The Bertz CT molecular complexity index is 667. The van der Waals surface area contributed by atoms with Gasteiger partial charge in [0.25, 0.3) is 5.91 Å². The van der Waals surface area contributed by atoms with Gasteiger partial charge >= 0.3 is 0 Å². The van der Waals surface area contributed by atoms with E-state index >= 15 is 0 Å². The molecule has 1 aromatic carbocycles. The third kappa shape index (κ3) is 3.18. The van der Waals surface area contributed by atoms with Crippen LogP contribution < -0.4 is 5.32 Å². The van der Waals surface area contributed by atoms with Gasteiger partial charge in [0.15, 0.2) is 5.76 Å². The van der Waals surface area contributed by atoms with Crippen molar-refractivity contribution in [3.8, 4) is 11.3 Å². The lowest BCUT2D eigenvalue weighted by atomic mass is 9.92. The van der Waals surface area contributed by atoms with Crippen LogP contribution in [0, 0.1) is 0 Å². The number of halogens is 1. The Morgan fingerprint density at radius 3 is 2.73 bits per heavy atom. The fourth-order valence-corrected chi connectivity index (χ4v) is 3.01. The van der Waals surface area contributed by atoms with Crippen LogP contribution in [0.5, 0.6) is 0 Å². The molecule has 2 aromatic rings. The number of nitrogens with one attached hydrogen (secondary N) is 1. The maximum atomic E-state index is 12.2. The van der Waals surface area contributed by atoms with E-state index in [-0.39, 0.29) is 17.7 Å². The first-order valence-corrected chi connectivity index (χ1v) is 7.86. The third-order valence-electron chi connectivity index (χ3n) is 4.02. The van der Waals surface area contributed by atoms with Gasteiger partial charge in [-0.3, -0.25) is 4.79 Å². The largest absolute Gasteiger partial charge is 0.451 e. The molecule has 2 unspecified atom stereocenters. The number of benzene rings is 1. The number of carbonyl (C=O) groups is 1. The molecule has 0 aliphatic heterocycles. The van der Waals surface area contributed by atoms with Crippen molar-refractivity contribution in [3.63, 3.8) is 0 Å². The number of aliphatic hydroxyl groups is 1. The van der Waals surface area contributed by atoms with Crippen molar-refractivity contribution in [1.82, 2.24) is 5.32 Å². The van der Waals surface area contributed by atoms with Gasteiger partial charge in [-0.1, -0.05) is 36.6 Å². The SMILES string of the molecule is O=C(NC1CCCCC1O)c1ccc(-c2ccccc2Cl)o1. The second kappa shape index (κ2) is 6.55. The zero-order chi connectivity index (χ0) is 15.5.